The molecular formula is C16H24F2N4O. The molecule has 1 unspecified atom stereocenters. The lowest BCUT2D eigenvalue weighted by Crippen LogP contribution is -2.45. The predicted molar refractivity (Wildman–Crippen MR) is 82.5 cm³/mol. The third-order valence-electron chi connectivity index (χ3n) is 5.03. The number of aromatic amines is 1. The zero-order valence-corrected chi connectivity index (χ0v) is 13.2. The number of fused-ring (bicyclic) bond motifs is 1. The average Bonchev–Trinajstić information content (AvgIpc) is 2.96. The van der Waals surface area contributed by atoms with Crippen LogP contribution < -0.4 is 10.6 Å². The number of alkyl halides is 2. The van der Waals surface area contributed by atoms with Gasteiger partial charge in [0.15, 0.2) is 0 Å². The molecule has 2 aliphatic carbocycles. The zero-order valence-electron chi connectivity index (χ0n) is 13.2. The number of hydrogen-bond acceptors (Lipinski definition) is 2. The van der Waals surface area contributed by atoms with Crippen LogP contribution >= 0.6 is 0 Å². The molecule has 7 heteroatoms. The number of urea groups is 1. The first-order valence-corrected chi connectivity index (χ1v) is 8.45. The van der Waals surface area contributed by atoms with Gasteiger partial charge in [0.2, 0.25) is 5.92 Å². The van der Waals surface area contributed by atoms with Crippen LogP contribution in [0.5, 0.6) is 0 Å². The molecule has 0 aliphatic heterocycles. The fourth-order valence-electron chi connectivity index (χ4n) is 3.55. The van der Waals surface area contributed by atoms with Crippen molar-refractivity contribution < 1.29 is 13.6 Å². The van der Waals surface area contributed by atoms with Gasteiger partial charge in [-0.2, -0.15) is 5.10 Å². The Labute approximate surface area is 134 Å². The van der Waals surface area contributed by atoms with Gasteiger partial charge in [0.25, 0.3) is 0 Å². The van der Waals surface area contributed by atoms with Gasteiger partial charge in [0.05, 0.1) is 6.20 Å². The van der Waals surface area contributed by atoms with Crippen molar-refractivity contribution in [3.63, 3.8) is 0 Å². The predicted octanol–water partition coefficient (Wildman–Crippen LogP) is 2.78. The maximum absolute atomic E-state index is 13.1. The summed E-state index contributed by atoms with van der Waals surface area (Å²) in [6.45, 7) is 0.546. The van der Waals surface area contributed by atoms with Crippen molar-refractivity contribution in [2.75, 3.05) is 6.54 Å². The van der Waals surface area contributed by atoms with Gasteiger partial charge in [0, 0.05) is 37.5 Å². The number of halogens is 2. The quantitative estimate of drug-likeness (QED) is 0.796. The van der Waals surface area contributed by atoms with Crippen LogP contribution in [0.15, 0.2) is 6.20 Å². The van der Waals surface area contributed by atoms with Gasteiger partial charge in [0.1, 0.15) is 0 Å². The fraction of sp³-hybridized carbons (Fsp3) is 0.750. The lowest BCUT2D eigenvalue weighted by atomic mass is 9.85. The molecule has 3 N–H and O–H groups in total. The summed E-state index contributed by atoms with van der Waals surface area (Å²) < 4.78 is 26.2. The standard InChI is InChI=1S/C16H24F2N4O/c17-16(18)6-3-11(4-7-16)5-8-19-15(23)21-13-2-1-12-10-20-22-14(12)9-13/h10-11,13H,1-9H2,(H,20,22)(H2,19,21,23). The molecule has 2 amide bonds. The van der Waals surface area contributed by atoms with E-state index in [0.717, 1.165) is 31.4 Å². The monoisotopic (exact) mass is 326 g/mol. The van der Waals surface area contributed by atoms with Crippen LogP contribution in [0, 0.1) is 5.92 Å². The SMILES string of the molecule is O=C(NCCC1CCC(F)(F)CC1)NC1CCc2cn[nH]c2C1. The summed E-state index contributed by atoms with van der Waals surface area (Å²) in [5.74, 6) is -2.18. The molecule has 0 bridgehead atoms. The fourth-order valence-corrected chi connectivity index (χ4v) is 3.55. The lowest BCUT2D eigenvalue weighted by molar-refractivity contribution is -0.0463. The number of carbonyl (C=O) groups excluding carboxylic acids is 1. The minimum Gasteiger partial charge on any atom is -0.338 e. The lowest BCUT2D eigenvalue weighted by Gasteiger charge is -2.28. The van der Waals surface area contributed by atoms with E-state index in [2.05, 4.69) is 20.8 Å². The number of aromatic nitrogens is 2. The largest absolute Gasteiger partial charge is 0.338 e. The van der Waals surface area contributed by atoms with Crippen LogP contribution in [-0.4, -0.2) is 34.7 Å². The van der Waals surface area contributed by atoms with Gasteiger partial charge in [-0.1, -0.05) is 0 Å². The van der Waals surface area contributed by atoms with Crippen LogP contribution in [-0.2, 0) is 12.8 Å². The van der Waals surface area contributed by atoms with Crippen molar-refractivity contribution in [2.45, 2.75) is 63.3 Å². The Balaban J connectivity index is 1.33. The Morgan fingerprint density at radius 2 is 2.13 bits per heavy atom. The molecule has 128 valence electrons. The van der Waals surface area contributed by atoms with E-state index in [1.165, 1.54) is 5.56 Å². The van der Waals surface area contributed by atoms with Crippen LogP contribution in [0.25, 0.3) is 0 Å². The van der Waals surface area contributed by atoms with E-state index in [9.17, 15) is 13.6 Å². The molecule has 0 aromatic carbocycles. The Hall–Kier alpha value is -1.66. The topological polar surface area (TPSA) is 69.8 Å². The highest BCUT2D eigenvalue weighted by Crippen LogP contribution is 2.37. The van der Waals surface area contributed by atoms with E-state index in [4.69, 9.17) is 0 Å². The number of nitrogens with zero attached hydrogens (tertiary/aromatic N) is 1. The van der Waals surface area contributed by atoms with Crippen LogP contribution in [0.2, 0.25) is 0 Å². The summed E-state index contributed by atoms with van der Waals surface area (Å²) in [6.07, 6.45) is 6.32. The van der Waals surface area contributed by atoms with Gasteiger partial charge < -0.3 is 10.6 Å². The summed E-state index contributed by atoms with van der Waals surface area (Å²) in [5, 5.41) is 12.8. The summed E-state index contributed by atoms with van der Waals surface area (Å²) in [6, 6.07) is -0.0459. The third kappa shape index (κ3) is 4.42. The molecule has 3 rings (SSSR count). The molecule has 23 heavy (non-hydrogen) atoms. The normalized spacial score (nSPS) is 24.0. The molecule has 1 aromatic heterocycles. The highest BCUT2D eigenvalue weighted by Gasteiger charge is 2.34. The van der Waals surface area contributed by atoms with Crippen LogP contribution in [0.4, 0.5) is 13.6 Å². The first-order valence-electron chi connectivity index (χ1n) is 8.45. The van der Waals surface area contributed by atoms with Crippen LogP contribution in [0.1, 0.15) is 49.8 Å². The molecule has 0 radical (unpaired) electrons. The minimum atomic E-state index is -2.48. The van der Waals surface area contributed by atoms with Crippen molar-refractivity contribution in [2.24, 2.45) is 5.92 Å². The van der Waals surface area contributed by atoms with Gasteiger partial charge in [-0.25, -0.2) is 13.6 Å². The van der Waals surface area contributed by atoms with Crippen molar-refractivity contribution >= 4 is 6.03 Å². The Morgan fingerprint density at radius 1 is 1.35 bits per heavy atom. The highest BCUT2D eigenvalue weighted by molar-refractivity contribution is 5.74. The second-order valence-electron chi connectivity index (χ2n) is 6.80. The molecule has 1 fully saturated rings. The summed E-state index contributed by atoms with van der Waals surface area (Å²) in [5.41, 5.74) is 2.34. The van der Waals surface area contributed by atoms with E-state index in [-0.39, 0.29) is 24.9 Å². The molecule has 1 aromatic rings. The van der Waals surface area contributed by atoms with Crippen molar-refractivity contribution in [3.05, 3.63) is 17.5 Å². The van der Waals surface area contributed by atoms with Gasteiger partial charge in [-0.3, -0.25) is 5.10 Å². The first kappa shape index (κ1) is 16.2. The van der Waals surface area contributed by atoms with Gasteiger partial charge in [-0.15, -0.1) is 0 Å². The number of aryl methyl sites for hydroxylation is 1. The summed E-state index contributed by atoms with van der Waals surface area (Å²) >= 11 is 0. The van der Waals surface area contributed by atoms with Crippen molar-refractivity contribution in [3.8, 4) is 0 Å². The molecular weight excluding hydrogens is 302 g/mol. The number of nitrogens with one attached hydrogen (secondary N) is 3. The maximum Gasteiger partial charge on any atom is 0.315 e. The number of hydrogen-bond donors (Lipinski definition) is 3. The van der Waals surface area contributed by atoms with Gasteiger partial charge >= 0.3 is 6.03 Å². The Morgan fingerprint density at radius 3 is 2.91 bits per heavy atom. The minimum absolute atomic E-state index is 0.0154. The molecule has 2 aliphatic rings. The second kappa shape index (κ2) is 6.84. The third-order valence-corrected chi connectivity index (χ3v) is 5.03. The summed E-state index contributed by atoms with van der Waals surface area (Å²) in [4.78, 5) is 11.9. The van der Waals surface area contributed by atoms with E-state index < -0.39 is 5.92 Å². The van der Waals surface area contributed by atoms with E-state index in [1.54, 1.807) is 0 Å². The second-order valence-corrected chi connectivity index (χ2v) is 6.80. The molecule has 1 saturated carbocycles. The highest BCUT2D eigenvalue weighted by atomic mass is 19.3. The van der Waals surface area contributed by atoms with Crippen LogP contribution in [0.3, 0.4) is 0 Å². The van der Waals surface area contributed by atoms with Crippen molar-refractivity contribution in [1.29, 1.82) is 0 Å². The molecule has 5 nitrogen and oxygen atoms in total. The molecule has 0 saturated heterocycles. The average molecular weight is 326 g/mol. The molecule has 1 atom stereocenters. The zero-order chi connectivity index (χ0) is 16.3. The number of rotatable bonds is 4. The number of carbonyl (C=O) groups is 1. The smallest absolute Gasteiger partial charge is 0.315 e. The Kier molecular flexibility index (Phi) is 4.82. The summed E-state index contributed by atoms with van der Waals surface area (Å²) in [7, 11) is 0. The molecule has 1 heterocycles. The Bertz CT molecular complexity index is 536. The maximum atomic E-state index is 13.1. The number of amides is 2. The van der Waals surface area contributed by atoms with E-state index in [1.807, 2.05) is 6.20 Å². The van der Waals surface area contributed by atoms with E-state index >= 15 is 0 Å². The molecule has 0 spiro atoms. The first-order chi connectivity index (χ1) is 11.0. The van der Waals surface area contributed by atoms with Crippen molar-refractivity contribution in [1.82, 2.24) is 20.8 Å². The van der Waals surface area contributed by atoms with Gasteiger partial charge in [-0.05, 0) is 43.6 Å². The van der Waals surface area contributed by atoms with E-state index in [0.29, 0.717) is 25.3 Å². The number of H-pyrrole nitrogens is 1.